The molecule has 2 aliphatic rings. The monoisotopic (exact) mass is 247 g/mol. The van der Waals surface area contributed by atoms with Gasteiger partial charge in [0.1, 0.15) is 0 Å². The van der Waals surface area contributed by atoms with Crippen LogP contribution in [0.2, 0.25) is 0 Å². The van der Waals surface area contributed by atoms with E-state index in [9.17, 15) is 13.2 Å². The largest absolute Gasteiger partial charge is 0.354 e. The summed E-state index contributed by atoms with van der Waals surface area (Å²) in [5.41, 5.74) is 0. The number of hydrogen-bond donors (Lipinski definition) is 2. The Kier molecular flexibility index (Phi) is 3.46. The van der Waals surface area contributed by atoms with Crippen LogP contribution in [0.25, 0.3) is 0 Å². The average molecular weight is 247 g/mol. The molecule has 16 heavy (non-hydrogen) atoms. The van der Waals surface area contributed by atoms with Crippen LogP contribution in [-0.4, -0.2) is 56.6 Å². The highest BCUT2D eigenvalue weighted by Gasteiger charge is 2.30. The molecule has 7 heteroatoms. The molecule has 1 atom stereocenters. The van der Waals surface area contributed by atoms with E-state index in [0.29, 0.717) is 13.1 Å². The highest BCUT2D eigenvalue weighted by Crippen LogP contribution is 2.11. The second-order valence-corrected chi connectivity index (χ2v) is 6.27. The summed E-state index contributed by atoms with van der Waals surface area (Å²) in [4.78, 5) is 11.1. The molecule has 2 aliphatic heterocycles. The van der Waals surface area contributed by atoms with Crippen LogP contribution in [0, 0.1) is 0 Å². The molecule has 6 nitrogen and oxygen atoms in total. The van der Waals surface area contributed by atoms with Gasteiger partial charge in [-0.2, -0.15) is 4.31 Å². The molecule has 0 aliphatic carbocycles. The van der Waals surface area contributed by atoms with Gasteiger partial charge in [-0.1, -0.05) is 0 Å². The summed E-state index contributed by atoms with van der Waals surface area (Å²) in [6, 6.07) is 0.0509. The molecular weight excluding hydrogens is 230 g/mol. The summed E-state index contributed by atoms with van der Waals surface area (Å²) < 4.78 is 25.3. The third kappa shape index (κ3) is 2.72. The van der Waals surface area contributed by atoms with E-state index in [1.165, 1.54) is 4.31 Å². The molecule has 2 fully saturated rings. The van der Waals surface area contributed by atoms with Gasteiger partial charge in [-0.25, -0.2) is 8.42 Å². The predicted octanol–water partition coefficient (Wildman–Crippen LogP) is -1.50. The molecule has 0 bridgehead atoms. The van der Waals surface area contributed by atoms with Crippen LogP contribution < -0.4 is 10.6 Å². The lowest BCUT2D eigenvalue weighted by atomic mass is 10.3. The molecule has 92 valence electrons. The van der Waals surface area contributed by atoms with Crippen LogP contribution >= 0.6 is 0 Å². The van der Waals surface area contributed by atoms with Crippen molar-refractivity contribution in [3.63, 3.8) is 0 Å². The van der Waals surface area contributed by atoms with Gasteiger partial charge in [0, 0.05) is 19.1 Å². The van der Waals surface area contributed by atoms with Crippen LogP contribution in [0.5, 0.6) is 0 Å². The normalized spacial score (nSPS) is 28.0. The van der Waals surface area contributed by atoms with Gasteiger partial charge in [-0.3, -0.25) is 4.79 Å². The highest BCUT2D eigenvalue weighted by atomic mass is 32.2. The minimum atomic E-state index is -3.29. The maximum atomic E-state index is 12.0. The van der Waals surface area contributed by atoms with E-state index >= 15 is 0 Å². The van der Waals surface area contributed by atoms with Crippen molar-refractivity contribution in [3.05, 3.63) is 0 Å². The van der Waals surface area contributed by atoms with E-state index in [2.05, 4.69) is 10.6 Å². The van der Waals surface area contributed by atoms with Gasteiger partial charge in [0.25, 0.3) is 0 Å². The van der Waals surface area contributed by atoms with Gasteiger partial charge < -0.3 is 10.6 Å². The van der Waals surface area contributed by atoms with Gasteiger partial charge in [-0.15, -0.1) is 0 Å². The Morgan fingerprint density at radius 2 is 2.19 bits per heavy atom. The van der Waals surface area contributed by atoms with Gasteiger partial charge in [0.05, 0.1) is 12.3 Å². The van der Waals surface area contributed by atoms with E-state index in [1.807, 2.05) is 0 Å². The SMILES string of the molecule is O=C1CN(S(=O)(=O)CC2CCCN2)CCN1. The smallest absolute Gasteiger partial charge is 0.235 e. The topological polar surface area (TPSA) is 78.5 Å². The van der Waals surface area contributed by atoms with E-state index in [-0.39, 0.29) is 24.2 Å². The molecule has 2 N–H and O–H groups in total. The molecule has 2 saturated heterocycles. The number of hydrogen-bond acceptors (Lipinski definition) is 4. The summed E-state index contributed by atoms with van der Waals surface area (Å²) in [7, 11) is -3.29. The number of nitrogens with zero attached hydrogens (tertiary/aromatic N) is 1. The fraction of sp³-hybridized carbons (Fsp3) is 0.889. The molecule has 0 spiro atoms. The van der Waals surface area contributed by atoms with Crippen LogP contribution in [0.1, 0.15) is 12.8 Å². The Morgan fingerprint density at radius 1 is 1.38 bits per heavy atom. The number of amides is 1. The first kappa shape index (κ1) is 11.8. The Labute approximate surface area is 95.4 Å². The first-order valence-electron chi connectivity index (χ1n) is 5.56. The molecule has 2 rings (SSSR count). The summed E-state index contributed by atoms with van der Waals surface area (Å²) in [5.74, 6) is -0.102. The third-order valence-electron chi connectivity index (χ3n) is 2.97. The molecule has 0 radical (unpaired) electrons. The number of rotatable bonds is 3. The fourth-order valence-corrected chi connectivity index (χ4v) is 3.80. The number of sulfonamides is 1. The first-order chi connectivity index (χ1) is 7.58. The maximum Gasteiger partial charge on any atom is 0.235 e. The second kappa shape index (κ2) is 4.68. The molecule has 0 aromatic carbocycles. The van der Waals surface area contributed by atoms with Crippen molar-refractivity contribution < 1.29 is 13.2 Å². The standard InChI is InChI=1S/C9H17N3O3S/c13-9-6-12(5-4-11-9)16(14,15)7-8-2-1-3-10-8/h8,10H,1-7H2,(H,11,13). The molecule has 0 aromatic heterocycles. The lowest BCUT2D eigenvalue weighted by Crippen LogP contribution is -2.51. The summed E-state index contributed by atoms with van der Waals surface area (Å²) in [6.07, 6.45) is 1.93. The lowest BCUT2D eigenvalue weighted by Gasteiger charge is -2.27. The van der Waals surface area contributed by atoms with E-state index in [4.69, 9.17) is 0 Å². The predicted molar refractivity (Wildman–Crippen MR) is 59.4 cm³/mol. The number of piperazine rings is 1. The zero-order valence-electron chi connectivity index (χ0n) is 9.11. The number of nitrogens with one attached hydrogen (secondary N) is 2. The molecule has 1 amide bonds. The van der Waals surface area contributed by atoms with Crippen molar-refractivity contribution in [2.45, 2.75) is 18.9 Å². The van der Waals surface area contributed by atoms with Crippen molar-refractivity contribution >= 4 is 15.9 Å². The molecule has 0 saturated carbocycles. The van der Waals surface area contributed by atoms with Gasteiger partial charge in [0.2, 0.25) is 15.9 Å². The van der Waals surface area contributed by atoms with E-state index < -0.39 is 10.0 Å². The average Bonchev–Trinajstić information content (AvgIpc) is 2.70. The third-order valence-corrected chi connectivity index (χ3v) is 4.89. The van der Waals surface area contributed by atoms with Crippen LogP contribution in [0.15, 0.2) is 0 Å². The first-order valence-corrected chi connectivity index (χ1v) is 7.17. The lowest BCUT2D eigenvalue weighted by molar-refractivity contribution is -0.122. The summed E-state index contributed by atoms with van der Waals surface area (Å²) in [6.45, 7) is 1.66. The minimum Gasteiger partial charge on any atom is -0.354 e. The van der Waals surface area contributed by atoms with Crippen molar-refractivity contribution in [3.8, 4) is 0 Å². The summed E-state index contributed by atoms with van der Waals surface area (Å²) >= 11 is 0. The van der Waals surface area contributed by atoms with Crippen LogP contribution in [0.4, 0.5) is 0 Å². The number of carbonyl (C=O) groups excluding carboxylic acids is 1. The van der Waals surface area contributed by atoms with Crippen molar-refractivity contribution in [1.82, 2.24) is 14.9 Å². The summed E-state index contributed by atoms with van der Waals surface area (Å²) in [5, 5.41) is 5.77. The molecular formula is C9H17N3O3S. The van der Waals surface area contributed by atoms with Crippen LogP contribution in [0.3, 0.4) is 0 Å². The maximum absolute atomic E-state index is 12.0. The van der Waals surface area contributed by atoms with Crippen LogP contribution in [-0.2, 0) is 14.8 Å². The quantitative estimate of drug-likeness (QED) is 0.636. The number of carbonyl (C=O) groups is 1. The zero-order chi connectivity index (χ0) is 11.6. The fourth-order valence-electron chi connectivity index (χ4n) is 2.11. The Balaban J connectivity index is 1.97. The van der Waals surface area contributed by atoms with Gasteiger partial charge in [0.15, 0.2) is 0 Å². The van der Waals surface area contributed by atoms with Gasteiger partial charge in [-0.05, 0) is 19.4 Å². The van der Waals surface area contributed by atoms with E-state index in [1.54, 1.807) is 0 Å². The molecule has 2 heterocycles. The Morgan fingerprint density at radius 3 is 2.81 bits per heavy atom. The minimum absolute atomic E-state index is 0.0327. The van der Waals surface area contributed by atoms with Crippen molar-refractivity contribution in [2.75, 3.05) is 31.9 Å². The van der Waals surface area contributed by atoms with Crippen molar-refractivity contribution in [1.29, 1.82) is 0 Å². The highest BCUT2D eigenvalue weighted by molar-refractivity contribution is 7.89. The van der Waals surface area contributed by atoms with Crippen molar-refractivity contribution in [2.24, 2.45) is 0 Å². The second-order valence-electron chi connectivity index (χ2n) is 4.26. The Hall–Kier alpha value is -0.660. The van der Waals surface area contributed by atoms with Gasteiger partial charge >= 0.3 is 0 Å². The zero-order valence-corrected chi connectivity index (χ0v) is 9.92. The Bertz CT molecular complexity index is 362. The van der Waals surface area contributed by atoms with E-state index in [0.717, 1.165) is 19.4 Å². The molecule has 0 aromatic rings. The molecule has 1 unspecified atom stereocenters.